The van der Waals surface area contributed by atoms with E-state index in [2.05, 4.69) is 15.9 Å². The molecule has 1 heterocycles. The Morgan fingerprint density at radius 2 is 1.95 bits per heavy atom. The molecule has 0 fully saturated rings. The molecule has 0 saturated heterocycles. The van der Waals surface area contributed by atoms with Gasteiger partial charge in [0.05, 0.1) is 17.9 Å². The quantitative estimate of drug-likeness (QED) is 0.821. The van der Waals surface area contributed by atoms with Crippen LogP contribution < -0.4 is 0 Å². The largest absolute Gasteiger partial charge is 0.457 e. The zero-order valence-corrected chi connectivity index (χ0v) is 12.9. The first-order chi connectivity index (χ1) is 9.00. The molecule has 1 amide bonds. The first-order valence-corrected chi connectivity index (χ1v) is 6.93. The van der Waals surface area contributed by atoms with Gasteiger partial charge < -0.3 is 9.32 Å². The van der Waals surface area contributed by atoms with Crippen molar-refractivity contribution in [2.24, 2.45) is 0 Å². The van der Waals surface area contributed by atoms with Crippen LogP contribution in [0.1, 0.15) is 28.9 Å². The molecule has 0 bridgehead atoms. The summed E-state index contributed by atoms with van der Waals surface area (Å²) in [5.74, 6) is -0.0944. The third-order valence-corrected chi connectivity index (χ3v) is 3.97. The van der Waals surface area contributed by atoms with Crippen molar-refractivity contribution in [3.63, 3.8) is 0 Å². The number of rotatable bonds is 3. The molecule has 5 heteroatoms. The number of amides is 1. The van der Waals surface area contributed by atoms with E-state index in [-0.39, 0.29) is 11.9 Å². The van der Waals surface area contributed by atoms with Crippen LogP contribution in [0.15, 0.2) is 45.7 Å². The van der Waals surface area contributed by atoms with E-state index in [4.69, 9.17) is 16.0 Å². The van der Waals surface area contributed by atoms with E-state index in [1.54, 1.807) is 18.0 Å². The molecule has 0 aliphatic carbocycles. The van der Waals surface area contributed by atoms with Gasteiger partial charge in [-0.3, -0.25) is 4.79 Å². The van der Waals surface area contributed by atoms with Gasteiger partial charge in [-0.1, -0.05) is 23.7 Å². The molecule has 0 radical (unpaired) electrons. The lowest BCUT2D eigenvalue weighted by Gasteiger charge is -2.25. The van der Waals surface area contributed by atoms with Crippen LogP contribution in [0.5, 0.6) is 0 Å². The van der Waals surface area contributed by atoms with Crippen molar-refractivity contribution in [3.8, 4) is 0 Å². The van der Waals surface area contributed by atoms with Gasteiger partial charge in [-0.15, -0.1) is 0 Å². The molecule has 100 valence electrons. The van der Waals surface area contributed by atoms with Gasteiger partial charge in [0.1, 0.15) is 0 Å². The van der Waals surface area contributed by atoms with Gasteiger partial charge in [0, 0.05) is 12.1 Å². The Morgan fingerprint density at radius 3 is 2.47 bits per heavy atom. The van der Waals surface area contributed by atoms with E-state index < -0.39 is 0 Å². The molecule has 0 spiro atoms. The topological polar surface area (TPSA) is 33.5 Å². The molecule has 19 heavy (non-hydrogen) atoms. The van der Waals surface area contributed by atoms with Crippen LogP contribution in [-0.4, -0.2) is 17.9 Å². The highest BCUT2D eigenvalue weighted by Crippen LogP contribution is 2.25. The second kappa shape index (κ2) is 5.80. The van der Waals surface area contributed by atoms with E-state index >= 15 is 0 Å². The number of hydrogen-bond donors (Lipinski definition) is 0. The molecular weight excluding hydrogens is 330 g/mol. The second-order valence-electron chi connectivity index (χ2n) is 4.25. The Labute approximate surface area is 125 Å². The maximum atomic E-state index is 12.3. The average Bonchev–Trinajstić information content (AvgIpc) is 2.83. The van der Waals surface area contributed by atoms with Gasteiger partial charge in [0.2, 0.25) is 0 Å². The van der Waals surface area contributed by atoms with Crippen LogP contribution in [0.4, 0.5) is 0 Å². The van der Waals surface area contributed by atoms with Crippen molar-refractivity contribution in [3.05, 3.63) is 57.4 Å². The van der Waals surface area contributed by atoms with Crippen LogP contribution in [0.2, 0.25) is 5.02 Å². The van der Waals surface area contributed by atoms with E-state index in [9.17, 15) is 4.79 Å². The monoisotopic (exact) mass is 341 g/mol. The minimum absolute atomic E-state index is 0.0495. The molecule has 1 unspecified atom stereocenters. The lowest BCUT2D eigenvalue weighted by molar-refractivity contribution is 0.0740. The highest BCUT2D eigenvalue weighted by molar-refractivity contribution is 9.10. The molecule has 0 aliphatic heterocycles. The summed E-state index contributed by atoms with van der Waals surface area (Å²) in [6.45, 7) is 1.97. The fourth-order valence-corrected chi connectivity index (χ4v) is 2.31. The van der Waals surface area contributed by atoms with E-state index in [0.29, 0.717) is 15.3 Å². The van der Waals surface area contributed by atoms with Crippen LogP contribution in [0.25, 0.3) is 0 Å². The summed E-state index contributed by atoms with van der Waals surface area (Å²) < 4.78 is 5.54. The molecule has 3 nitrogen and oxygen atoms in total. The maximum absolute atomic E-state index is 12.3. The number of carbonyl (C=O) groups excluding carboxylic acids is 1. The molecular formula is C14H13BrClNO2. The number of carbonyl (C=O) groups is 1. The summed E-state index contributed by atoms with van der Waals surface area (Å²) in [5, 5.41) is 0.683. The second-order valence-corrected chi connectivity index (χ2v) is 5.41. The number of halogens is 2. The lowest BCUT2D eigenvalue weighted by Crippen LogP contribution is -2.29. The van der Waals surface area contributed by atoms with Gasteiger partial charge in [0.15, 0.2) is 4.67 Å². The van der Waals surface area contributed by atoms with Gasteiger partial charge in [0.25, 0.3) is 5.91 Å². The summed E-state index contributed by atoms with van der Waals surface area (Å²) in [4.78, 5) is 14.0. The van der Waals surface area contributed by atoms with Crippen molar-refractivity contribution in [1.29, 1.82) is 0 Å². The normalized spacial score (nSPS) is 12.2. The molecule has 2 rings (SSSR count). The maximum Gasteiger partial charge on any atom is 0.258 e. The molecule has 2 aromatic rings. The SMILES string of the molecule is CC(c1ccc(Cl)cc1)N(C)C(=O)c1ccoc1Br. The standard InChI is InChI=1S/C14H13BrClNO2/c1-9(10-3-5-11(16)6-4-10)17(2)14(18)12-7-8-19-13(12)15/h3-9H,1-2H3. The summed E-state index contributed by atoms with van der Waals surface area (Å²) >= 11 is 9.08. The minimum Gasteiger partial charge on any atom is -0.457 e. The number of benzene rings is 1. The molecule has 1 atom stereocenters. The van der Waals surface area contributed by atoms with E-state index in [1.165, 1.54) is 6.26 Å². The van der Waals surface area contributed by atoms with Crippen molar-refractivity contribution >= 4 is 33.4 Å². The van der Waals surface area contributed by atoms with Crippen LogP contribution >= 0.6 is 27.5 Å². The molecule has 0 N–H and O–H groups in total. The van der Waals surface area contributed by atoms with Crippen molar-refractivity contribution in [2.45, 2.75) is 13.0 Å². The van der Waals surface area contributed by atoms with Crippen molar-refractivity contribution in [2.75, 3.05) is 7.05 Å². The smallest absolute Gasteiger partial charge is 0.258 e. The van der Waals surface area contributed by atoms with Crippen LogP contribution in [0, 0.1) is 0 Å². The summed E-state index contributed by atoms with van der Waals surface area (Å²) in [5.41, 5.74) is 1.54. The highest BCUT2D eigenvalue weighted by Gasteiger charge is 2.22. The molecule has 1 aromatic carbocycles. The first kappa shape index (κ1) is 14.2. The predicted octanol–water partition coefficient (Wildman–Crippen LogP) is 4.53. The highest BCUT2D eigenvalue weighted by atomic mass is 79.9. The Hall–Kier alpha value is -1.26. The Bertz CT molecular complexity index is 579. The Kier molecular flexibility index (Phi) is 4.32. The third kappa shape index (κ3) is 3.01. The van der Waals surface area contributed by atoms with Crippen LogP contribution in [0.3, 0.4) is 0 Å². The lowest BCUT2D eigenvalue weighted by atomic mass is 10.1. The summed E-state index contributed by atoms with van der Waals surface area (Å²) in [6, 6.07) is 9.07. The zero-order chi connectivity index (χ0) is 14.0. The number of nitrogens with zero attached hydrogens (tertiary/aromatic N) is 1. The van der Waals surface area contributed by atoms with E-state index in [0.717, 1.165) is 5.56 Å². The number of hydrogen-bond acceptors (Lipinski definition) is 2. The fraction of sp³-hybridized carbons (Fsp3) is 0.214. The molecule has 0 aliphatic rings. The molecule has 0 saturated carbocycles. The van der Waals surface area contributed by atoms with Gasteiger partial charge >= 0.3 is 0 Å². The Balaban J connectivity index is 2.19. The minimum atomic E-state index is -0.0944. The van der Waals surface area contributed by atoms with Crippen LogP contribution in [-0.2, 0) is 0 Å². The Morgan fingerprint density at radius 1 is 1.32 bits per heavy atom. The summed E-state index contributed by atoms with van der Waals surface area (Å²) in [6.07, 6.45) is 1.48. The fourth-order valence-electron chi connectivity index (χ4n) is 1.78. The number of furan rings is 1. The van der Waals surface area contributed by atoms with Gasteiger partial charge in [-0.05, 0) is 46.6 Å². The van der Waals surface area contributed by atoms with E-state index in [1.807, 2.05) is 31.2 Å². The van der Waals surface area contributed by atoms with Gasteiger partial charge in [-0.25, -0.2) is 0 Å². The zero-order valence-electron chi connectivity index (χ0n) is 10.6. The summed E-state index contributed by atoms with van der Waals surface area (Å²) in [7, 11) is 1.76. The first-order valence-electron chi connectivity index (χ1n) is 5.76. The van der Waals surface area contributed by atoms with Crippen molar-refractivity contribution in [1.82, 2.24) is 4.90 Å². The molecule has 1 aromatic heterocycles. The van der Waals surface area contributed by atoms with Gasteiger partial charge in [-0.2, -0.15) is 0 Å². The van der Waals surface area contributed by atoms with Crippen molar-refractivity contribution < 1.29 is 9.21 Å². The average molecular weight is 343 g/mol. The third-order valence-electron chi connectivity index (χ3n) is 3.10. The predicted molar refractivity (Wildman–Crippen MR) is 78.4 cm³/mol.